The molecule has 0 fully saturated rings. The summed E-state index contributed by atoms with van der Waals surface area (Å²) < 4.78 is 43.2. The molecule has 2 aromatic rings. The SMILES string of the molecule is O=[N+]([O-])c1cccnc1NCCOc1ncccc1C(F)(F)F. The van der Waals surface area contributed by atoms with Gasteiger partial charge in [0.15, 0.2) is 0 Å². The third-order valence-electron chi connectivity index (χ3n) is 2.69. The first-order valence-electron chi connectivity index (χ1n) is 6.38. The summed E-state index contributed by atoms with van der Waals surface area (Å²) >= 11 is 0. The van der Waals surface area contributed by atoms with E-state index in [1.165, 1.54) is 24.5 Å². The van der Waals surface area contributed by atoms with Crippen LogP contribution < -0.4 is 10.1 Å². The molecule has 0 amide bonds. The van der Waals surface area contributed by atoms with Crippen molar-refractivity contribution in [2.45, 2.75) is 6.18 Å². The number of anilines is 1. The van der Waals surface area contributed by atoms with E-state index in [1.807, 2.05) is 0 Å². The summed E-state index contributed by atoms with van der Waals surface area (Å²) in [6.07, 6.45) is -2.03. The predicted octanol–water partition coefficient (Wildman–Crippen LogP) is 2.89. The van der Waals surface area contributed by atoms with Gasteiger partial charge in [-0.25, -0.2) is 9.97 Å². The fraction of sp³-hybridized carbons (Fsp3) is 0.231. The highest BCUT2D eigenvalue weighted by Gasteiger charge is 2.35. The molecular weight excluding hydrogens is 317 g/mol. The first kappa shape index (κ1) is 16.5. The van der Waals surface area contributed by atoms with E-state index in [-0.39, 0.29) is 24.7 Å². The molecule has 0 bridgehead atoms. The molecule has 0 aliphatic rings. The van der Waals surface area contributed by atoms with Gasteiger partial charge < -0.3 is 10.1 Å². The second-order valence-electron chi connectivity index (χ2n) is 4.26. The molecule has 2 heterocycles. The lowest BCUT2D eigenvalue weighted by molar-refractivity contribution is -0.384. The maximum Gasteiger partial charge on any atom is 0.421 e. The number of aromatic nitrogens is 2. The Hall–Kier alpha value is -2.91. The topological polar surface area (TPSA) is 90.2 Å². The Bertz CT molecular complexity index is 694. The highest BCUT2D eigenvalue weighted by Crippen LogP contribution is 2.34. The highest BCUT2D eigenvalue weighted by molar-refractivity contribution is 5.54. The van der Waals surface area contributed by atoms with Crippen LogP contribution >= 0.6 is 0 Å². The van der Waals surface area contributed by atoms with Crippen LogP contribution in [0, 0.1) is 10.1 Å². The quantitative estimate of drug-likeness (QED) is 0.498. The molecular formula is C13H11F3N4O3. The number of pyridine rings is 2. The van der Waals surface area contributed by atoms with E-state index in [0.29, 0.717) is 0 Å². The number of halogens is 3. The summed E-state index contributed by atoms with van der Waals surface area (Å²) in [4.78, 5) is 17.5. The molecule has 0 radical (unpaired) electrons. The molecule has 0 aliphatic carbocycles. The number of nitrogens with zero attached hydrogens (tertiary/aromatic N) is 3. The van der Waals surface area contributed by atoms with Crippen molar-refractivity contribution in [3.05, 3.63) is 52.3 Å². The molecule has 0 aliphatic heterocycles. The minimum atomic E-state index is -4.57. The van der Waals surface area contributed by atoms with Crippen LogP contribution in [-0.2, 0) is 6.18 Å². The fourth-order valence-electron chi connectivity index (χ4n) is 1.72. The average Bonchev–Trinajstić information content (AvgIpc) is 2.51. The molecule has 2 rings (SSSR count). The number of hydrogen-bond acceptors (Lipinski definition) is 6. The van der Waals surface area contributed by atoms with Gasteiger partial charge in [-0.2, -0.15) is 13.2 Å². The standard InChI is InChI=1S/C13H11F3N4O3/c14-13(15,16)9-3-1-6-19-12(9)23-8-7-18-11-10(20(21)22)4-2-5-17-11/h1-6H,7-8H2,(H,17,18). The molecule has 0 aromatic carbocycles. The molecule has 0 saturated carbocycles. The van der Waals surface area contributed by atoms with Crippen molar-refractivity contribution in [1.29, 1.82) is 0 Å². The van der Waals surface area contributed by atoms with Gasteiger partial charge in [0, 0.05) is 18.5 Å². The van der Waals surface area contributed by atoms with Crippen LogP contribution in [0.5, 0.6) is 5.88 Å². The largest absolute Gasteiger partial charge is 0.475 e. The average molecular weight is 328 g/mol. The molecule has 0 spiro atoms. The van der Waals surface area contributed by atoms with E-state index in [1.54, 1.807) is 0 Å². The third kappa shape index (κ3) is 4.28. The maximum absolute atomic E-state index is 12.7. The van der Waals surface area contributed by atoms with Gasteiger partial charge in [-0.3, -0.25) is 10.1 Å². The van der Waals surface area contributed by atoms with Gasteiger partial charge in [-0.1, -0.05) is 0 Å². The lowest BCUT2D eigenvalue weighted by Gasteiger charge is -2.12. The predicted molar refractivity (Wildman–Crippen MR) is 74.1 cm³/mol. The first-order chi connectivity index (χ1) is 10.9. The normalized spacial score (nSPS) is 11.1. The van der Waals surface area contributed by atoms with Crippen molar-refractivity contribution in [2.24, 2.45) is 0 Å². The van der Waals surface area contributed by atoms with Crippen molar-refractivity contribution < 1.29 is 22.8 Å². The Morgan fingerprint density at radius 1 is 1.22 bits per heavy atom. The van der Waals surface area contributed by atoms with Gasteiger partial charge in [-0.15, -0.1) is 0 Å². The van der Waals surface area contributed by atoms with Crippen LogP contribution in [0.25, 0.3) is 0 Å². The van der Waals surface area contributed by atoms with Crippen LogP contribution in [-0.4, -0.2) is 28.0 Å². The number of nitro groups is 1. The zero-order valence-electron chi connectivity index (χ0n) is 11.6. The van der Waals surface area contributed by atoms with Gasteiger partial charge in [0.1, 0.15) is 12.2 Å². The lowest BCUT2D eigenvalue weighted by Crippen LogP contribution is -2.16. The Balaban J connectivity index is 1.96. The summed E-state index contributed by atoms with van der Waals surface area (Å²) in [7, 11) is 0. The summed E-state index contributed by atoms with van der Waals surface area (Å²) in [5, 5.41) is 13.4. The van der Waals surface area contributed by atoms with Crippen molar-refractivity contribution in [2.75, 3.05) is 18.5 Å². The minimum Gasteiger partial charge on any atom is -0.475 e. The van der Waals surface area contributed by atoms with Gasteiger partial charge in [0.25, 0.3) is 0 Å². The molecule has 0 saturated heterocycles. The summed E-state index contributed by atoms with van der Waals surface area (Å²) in [5.41, 5.74) is -1.22. The van der Waals surface area contributed by atoms with Crippen LogP contribution in [0.3, 0.4) is 0 Å². The third-order valence-corrected chi connectivity index (χ3v) is 2.69. The lowest BCUT2D eigenvalue weighted by atomic mass is 10.2. The van der Waals surface area contributed by atoms with E-state index >= 15 is 0 Å². The summed E-state index contributed by atoms with van der Waals surface area (Å²) in [5.74, 6) is -0.532. The van der Waals surface area contributed by atoms with Crippen LogP contribution in [0.1, 0.15) is 5.56 Å². The molecule has 0 atom stereocenters. The van der Waals surface area contributed by atoms with Crippen molar-refractivity contribution in [3.8, 4) is 5.88 Å². The maximum atomic E-state index is 12.7. The molecule has 23 heavy (non-hydrogen) atoms. The molecule has 7 nitrogen and oxygen atoms in total. The van der Waals surface area contributed by atoms with Crippen LogP contribution in [0.2, 0.25) is 0 Å². The molecule has 0 unspecified atom stereocenters. The van der Waals surface area contributed by atoms with Crippen LogP contribution in [0.4, 0.5) is 24.7 Å². The van der Waals surface area contributed by atoms with E-state index in [2.05, 4.69) is 15.3 Å². The molecule has 2 aromatic heterocycles. The fourth-order valence-corrected chi connectivity index (χ4v) is 1.72. The van der Waals surface area contributed by atoms with E-state index in [9.17, 15) is 23.3 Å². The van der Waals surface area contributed by atoms with Crippen molar-refractivity contribution in [3.63, 3.8) is 0 Å². The Morgan fingerprint density at radius 2 is 1.91 bits per heavy atom. The number of alkyl halides is 3. The van der Waals surface area contributed by atoms with Gasteiger partial charge in [-0.05, 0) is 18.2 Å². The minimum absolute atomic E-state index is 0.0122. The Kier molecular flexibility index (Phi) is 4.94. The smallest absolute Gasteiger partial charge is 0.421 e. The number of rotatable bonds is 6. The van der Waals surface area contributed by atoms with Gasteiger partial charge >= 0.3 is 11.9 Å². The highest BCUT2D eigenvalue weighted by atomic mass is 19.4. The number of ether oxygens (including phenoxy) is 1. The van der Waals surface area contributed by atoms with E-state index in [0.717, 1.165) is 12.1 Å². The number of hydrogen-bond donors (Lipinski definition) is 1. The van der Waals surface area contributed by atoms with E-state index < -0.39 is 22.5 Å². The zero-order chi connectivity index (χ0) is 16.9. The second kappa shape index (κ2) is 6.90. The monoisotopic (exact) mass is 328 g/mol. The van der Waals surface area contributed by atoms with E-state index in [4.69, 9.17) is 4.74 Å². The molecule has 1 N–H and O–H groups in total. The second-order valence-corrected chi connectivity index (χ2v) is 4.26. The van der Waals surface area contributed by atoms with Crippen molar-refractivity contribution >= 4 is 11.5 Å². The summed E-state index contributed by atoms with van der Waals surface area (Å²) in [6.45, 7) is -0.153. The zero-order valence-corrected chi connectivity index (χ0v) is 11.6. The van der Waals surface area contributed by atoms with Gasteiger partial charge in [0.2, 0.25) is 11.7 Å². The van der Waals surface area contributed by atoms with Crippen molar-refractivity contribution in [1.82, 2.24) is 9.97 Å². The number of nitrogens with one attached hydrogen (secondary N) is 1. The Morgan fingerprint density at radius 3 is 2.61 bits per heavy atom. The first-order valence-corrected chi connectivity index (χ1v) is 6.38. The van der Waals surface area contributed by atoms with Crippen LogP contribution in [0.15, 0.2) is 36.7 Å². The molecule has 10 heteroatoms. The molecule has 122 valence electrons. The van der Waals surface area contributed by atoms with Gasteiger partial charge in [0.05, 0.1) is 11.5 Å². The summed E-state index contributed by atoms with van der Waals surface area (Å²) in [6, 6.07) is 4.69. The Labute approximate surface area is 128 Å².